The van der Waals surface area contributed by atoms with Gasteiger partial charge in [0.1, 0.15) is 4.90 Å². The lowest BCUT2D eigenvalue weighted by molar-refractivity contribution is 0.553. The van der Waals surface area contributed by atoms with Crippen molar-refractivity contribution in [3.63, 3.8) is 0 Å². The molecule has 2 rings (SSSR count). The van der Waals surface area contributed by atoms with E-state index in [0.717, 1.165) is 0 Å². The predicted molar refractivity (Wildman–Crippen MR) is 50.0 cm³/mol. The molecule has 0 aliphatic rings. The number of fused-ring (bicyclic) bond motifs is 1. The van der Waals surface area contributed by atoms with Crippen LogP contribution in [0.5, 0.6) is 0 Å². The predicted octanol–water partition coefficient (Wildman–Crippen LogP) is 1.89. The first-order valence-corrected chi connectivity index (χ1v) is 5.25. The summed E-state index contributed by atoms with van der Waals surface area (Å²) in [6.07, 6.45) is 2.92. The highest BCUT2D eigenvalue weighted by atomic mass is 32.3. The molecule has 0 aliphatic heterocycles. The summed E-state index contributed by atoms with van der Waals surface area (Å²) < 4.78 is 34.3. The molecule has 14 heavy (non-hydrogen) atoms. The second-order valence-electron chi connectivity index (χ2n) is 2.79. The minimum absolute atomic E-state index is 0.308. The molecule has 0 N–H and O–H groups in total. The highest BCUT2D eigenvalue weighted by molar-refractivity contribution is 7.86. The average Bonchev–Trinajstić information content (AvgIpc) is 2.15. The molecule has 1 aromatic heterocycles. The van der Waals surface area contributed by atoms with E-state index < -0.39 is 10.2 Å². The fourth-order valence-electron chi connectivity index (χ4n) is 1.31. The third-order valence-corrected chi connectivity index (χ3v) is 2.78. The standard InChI is InChI=1S/C9H6FNO2S/c10-14(12,13)9-3-1-2-7-6-11-5-4-8(7)9/h1-6H. The fourth-order valence-corrected chi connectivity index (χ4v) is 2.00. The van der Waals surface area contributed by atoms with E-state index in [4.69, 9.17) is 0 Å². The van der Waals surface area contributed by atoms with Gasteiger partial charge in [0.15, 0.2) is 0 Å². The smallest absolute Gasteiger partial charge is 0.264 e. The molecule has 0 saturated carbocycles. The van der Waals surface area contributed by atoms with Crippen molar-refractivity contribution in [1.82, 2.24) is 4.98 Å². The van der Waals surface area contributed by atoms with Crippen LogP contribution in [0.3, 0.4) is 0 Å². The van der Waals surface area contributed by atoms with Crippen LogP contribution in [0.15, 0.2) is 41.6 Å². The number of aromatic nitrogens is 1. The molecule has 0 aliphatic carbocycles. The molecule has 0 radical (unpaired) electrons. The summed E-state index contributed by atoms with van der Waals surface area (Å²) in [5, 5.41) is 0.955. The van der Waals surface area contributed by atoms with Crippen LogP contribution in [0.1, 0.15) is 0 Å². The summed E-state index contributed by atoms with van der Waals surface area (Å²) >= 11 is 0. The topological polar surface area (TPSA) is 47.0 Å². The minimum atomic E-state index is -4.66. The Kier molecular flexibility index (Phi) is 1.96. The summed E-state index contributed by atoms with van der Waals surface area (Å²) in [4.78, 5) is 3.51. The summed E-state index contributed by atoms with van der Waals surface area (Å²) in [6, 6.07) is 5.87. The maximum Gasteiger partial charge on any atom is 0.332 e. The lowest BCUT2D eigenvalue weighted by Crippen LogP contribution is -1.93. The Morgan fingerprint density at radius 2 is 2.00 bits per heavy atom. The van der Waals surface area contributed by atoms with Gasteiger partial charge in [-0.3, -0.25) is 4.98 Å². The van der Waals surface area contributed by atoms with E-state index in [1.165, 1.54) is 30.6 Å². The first kappa shape index (κ1) is 9.08. The molecule has 0 fully saturated rings. The summed E-state index contributed by atoms with van der Waals surface area (Å²) in [6.45, 7) is 0. The van der Waals surface area contributed by atoms with Crippen LogP contribution in [0.2, 0.25) is 0 Å². The van der Waals surface area contributed by atoms with E-state index >= 15 is 0 Å². The molecule has 0 amide bonds. The number of benzene rings is 1. The number of pyridine rings is 1. The highest BCUT2D eigenvalue weighted by Crippen LogP contribution is 2.23. The lowest BCUT2D eigenvalue weighted by Gasteiger charge is -2.00. The molecule has 1 heterocycles. The van der Waals surface area contributed by atoms with E-state index in [2.05, 4.69) is 4.98 Å². The van der Waals surface area contributed by atoms with Gasteiger partial charge in [0, 0.05) is 23.2 Å². The summed E-state index contributed by atoms with van der Waals surface area (Å²) in [5.74, 6) is 0. The van der Waals surface area contributed by atoms with E-state index in [1.54, 1.807) is 6.07 Å². The van der Waals surface area contributed by atoms with Crippen molar-refractivity contribution in [2.24, 2.45) is 0 Å². The second kappa shape index (κ2) is 3.02. The Bertz CT molecular complexity index is 575. The van der Waals surface area contributed by atoms with Crippen LogP contribution in [0.25, 0.3) is 10.8 Å². The molecule has 0 bridgehead atoms. The molecule has 0 spiro atoms. The third kappa shape index (κ3) is 1.46. The van der Waals surface area contributed by atoms with E-state index in [-0.39, 0.29) is 4.90 Å². The fraction of sp³-hybridized carbons (Fsp3) is 0. The van der Waals surface area contributed by atoms with Gasteiger partial charge in [-0.25, -0.2) is 0 Å². The first-order chi connectivity index (χ1) is 6.59. The summed E-state index contributed by atoms with van der Waals surface area (Å²) in [5.41, 5.74) is 0. The molecule has 0 unspecified atom stereocenters. The van der Waals surface area contributed by atoms with Crippen molar-refractivity contribution in [3.05, 3.63) is 36.7 Å². The normalized spacial score (nSPS) is 11.8. The molecule has 5 heteroatoms. The zero-order valence-electron chi connectivity index (χ0n) is 7.01. The van der Waals surface area contributed by atoms with Gasteiger partial charge in [0.25, 0.3) is 0 Å². The maximum atomic E-state index is 12.8. The monoisotopic (exact) mass is 211 g/mol. The number of halogens is 1. The zero-order chi connectivity index (χ0) is 10.2. The second-order valence-corrected chi connectivity index (χ2v) is 4.11. The van der Waals surface area contributed by atoms with Crippen molar-refractivity contribution in [1.29, 1.82) is 0 Å². The van der Waals surface area contributed by atoms with E-state index in [1.807, 2.05) is 0 Å². The van der Waals surface area contributed by atoms with E-state index in [0.29, 0.717) is 10.8 Å². The van der Waals surface area contributed by atoms with Gasteiger partial charge < -0.3 is 0 Å². The van der Waals surface area contributed by atoms with Crippen LogP contribution >= 0.6 is 0 Å². The molecule has 72 valence electrons. The Morgan fingerprint density at radius 3 is 2.71 bits per heavy atom. The SMILES string of the molecule is O=S(=O)(F)c1cccc2cnccc12. The number of hydrogen-bond acceptors (Lipinski definition) is 3. The molecular formula is C9H6FNO2S. The van der Waals surface area contributed by atoms with Crippen LogP contribution in [0, 0.1) is 0 Å². The van der Waals surface area contributed by atoms with Crippen molar-refractivity contribution in [2.75, 3.05) is 0 Å². The Labute approximate surface area is 80.4 Å². The molecule has 0 saturated heterocycles. The Hall–Kier alpha value is -1.49. The van der Waals surface area contributed by atoms with Crippen LogP contribution in [-0.4, -0.2) is 13.4 Å². The van der Waals surface area contributed by atoms with Gasteiger partial charge >= 0.3 is 10.2 Å². The number of hydrogen-bond donors (Lipinski definition) is 0. The van der Waals surface area contributed by atoms with Crippen molar-refractivity contribution >= 4 is 21.0 Å². The van der Waals surface area contributed by atoms with Crippen molar-refractivity contribution < 1.29 is 12.3 Å². The van der Waals surface area contributed by atoms with Crippen LogP contribution in [-0.2, 0) is 10.2 Å². The van der Waals surface area contributed by atoms with E-state index in [9.17, 15) is 12.3 Å². The third-order valence-electron chi connectivity index (χ3n) is 1.90. The summed E-state index contributed by atoms with van der Waals surface area (Å²) in [7, 11) is -4.66. The first-order valence-electron chi connectivity index (χ1n) is 3.86. The van der Waals surface area contributed by atoms with Gasteiger partial charge in [0.2, 0.25) is 0 Å². The quantitative estimate of drug-likeness (QED) is 0.677. The van der Waals surface area contributed by atoms with Crippen molar-refractivity contribution in [2.45, 2.75) is 4.90 Å². The Morgan fingerprint density at radius 1 is 1.21 bits per heavy atom. The molecular weight excluding hydrogens is 205 g/mol. The molecule has 3 nitrogen and oxygen atoms in total. The van der Waals surface area contributed by atoms with Gasteiger partial charge in [-0.05, 0) is 12.1 Å². The molecule has 2 aromatic rings. The number of rotatable bonds is 1. The molecule has 1 aromatic carbocycles. The largest absolute Gasteiger partial charge is 0.332 e. The van der Waals surface area contributed by atoms with Gasteiger partial charge in [-0.2, -0.15) is 8.42 Å². The van der Waals surface area contributed by atoms with Crippen LogP contribution in [0.4, 0.5) is 3.89 Å². The average molecular weight is 211 g/mol. The Balaban J connectivity index is 2.92. The lowest BCUT2D eigenvalue weighted by atomic mass is 10.2. The minimum Gasteiger partial charge on any atom is -0.264 e. The highest BCUT2D eigenvalue weighted by Gasteiger charge is 2.14. The van der Waals surface area contributed by atoms with Gasteiger partial charge in [0.05, 0.1) is 0 Å². The van der Waals surface area contributed by atoms with Crippen LogP contribution < -0.4 is 0 Å². The zero-order valence-corrected chi connectivity index (χ0v) is 7.83. The maximum absolute atomic E-state index is 12.8. The van der Waals surface area contributed by atoms with Crippen molar-refractivity contribution in [3.8, 4) is 0 Å². The van der Waals surface area contributed by atoms with Gasteiger partial charge in [-0.1, -0.05) is 12.1 Å². The van der Waals surface area contributed by atoms with Gasteiger partial charge in [-0.15, -0.1) is 3.89 Å². The number of nitrogens with zero attached hydrogens (tertiary/aromatic N) is 1. The molecule has 0 atom stereocenters.